The summed E-state index contributed by atoms with van der Waals surface area (Å²) in [5.41, 5.74) is 1.30. The van der Waals surface area contributed by atoms with Gasteiger partial charge in [-0.3, -0.25) is 0 Å². The molecule has 1 N–H and O–H groups in total. The van der Waals surface area contributed by atoms with Crippen LogP contribution in [0.15, 0.2) is 6.20 Å². The van der Waals surface area contributed by atoms with Gasteiger partial charge >= 0.3 is 0 Å². The van der Waals surface area contributed by atoms with Gasteiger partial charge in [0.2, 0.25) is 0 Å². The Morgan fingerprint density at radius 2 is 2.08 bits per heavy atom. The number of hydrogen-bond donors (Lipinski definition) is 1. The number of nitrogens with zero attached hydrogens (tertiary/aromatic N) is 1. The molecule has 1 aromatic heterocycles. The topological polar surface area (TPSA) is 20.7 Å². The molecule has 0 amide bonds. The number of aromatic amines is 1. The minimum absolute atomic E-state index is 0.496. The van der Waals surface area contributed by atoms with Gasteiger partial charge in [0.05, 0.1) is 0 Å². The van der Waals surface area contributed by atoms with Gasteiger partial charge in [-0.2, -0.15) is 0 Å². The number of aromatic nitrogens is 2. The summed E-state index contributed by atoms with van der Waals surface area (Å²) in [5, 5.41) is 0. The Kier molecular flexibility index (Phi) is 3.31. The average Bonchev–Trinajstić information content (AvgIpc) is 2.46. The SMILES string of the molecule is CCC(C)n1c(C(C)C)c[nH]c1=S. The number of rotatable bonds is 3. The molecule has 1 aromatic rings. The first-order valence-electron chi connectivity index (χ1n) is 4.87. The Morgan fingerprint density at radius 3 is 2.54 bits per heavy atom. The highest BCUT2D eigenvalue weighted by Gasteiger charge is 2.11. The Morgan fingerprint density at radius 1 is 1.46 bits per heavy atom. The lowest BCUT2D eigenvalue weighted by Crippen LogP contribution is -2.08. The van der Waals surface area contributed by atoms with Crippen LogP contribution in [0.4, 0.5) is 0 Å². The Labute approximate surface area is 85.0 Å². The highest BCUT2D eigenvalue weighted by molar-refractivity contribution is 7.71. The average molecular weight is 198 g/mol. The third-order valence-corrected chi connectivity index (χ3v) is 2.78. The van der Waals surface area contributed by atoms with Crippen molar-refractivity contribution in [1.29, 1.82) is 0 Å². The maximum Gasteiger partial charge on any atom is 0.177 e. The van der Waals surface area contributed by atoms with E-state index in [1.165, 1.54) is 5.69 Å². The van der Waals surface area contributed by atoms with E-state index in [9.17, 15) is 0 Å². The van der Waals surface area contributed by atoms with Crippen LogP contribution < -0.4 is 0 Å². The van der Waals surface area contributed by atoms with Gasteiger partial charge in [-0.15, -0.1) is 0 Å². The summed E-state index contributed by atoms with van der Waals surface area (Å²) >= 11 is 5.24. The Balaban J connectivity index is 3.16. The van der Waals surface area contributed by atoms with Crippen molar-refractivity contribution in [3.8, 4) is 0 Å². The minimum atomic E-state index is 0.496. The molecule has 0 fully saturated rings. The second-order valence-corrected chi connectivity index (χ2v) is 4.19. The van der Waals surface area contributed by atoms with E-state index in [-0.39, 0.29) is 0 Å². The lowest BCUT2D eigenvalue weighted by Gasteiger charge is -2.16. The van der Waals surface area contributed by atoms with Crippen molar-refractivity contribution in [3.63, 3.8) is 0 Å². The van der Waals surface area contributed by atoms with Gasteiger partial charge in [0.1, 0.15) is 0 Å². The van der Waals surface area contributed by atoms with Gasteiger partial charge in [-0.05, 0) is 31.5 Å². The lowest BCUT2D eigenvalue weighted by molar-refractivity contribution is 0.497. The molecule has 0 saturated heterocycles. The normalized spacial score (nSPS) is 13.6. The monoisotopic (exact) mass is 198 g/mol. The molecule has 1 heterocycles. The van der Waals surface area contributed by atoms with E-state index < -0.39 is 0 Å². The number of H-pyrrole nitrogens is 1. The van der Waals surface area contributed by atoms with Crippen molar-refractivity contribution in [2.45, 2.75) is 46.1 Å². The molecule has 1 rings (SSSR count). The molecule has 13 heavy (non-hydrogen) atoms. The Bertz CT molecular complexity index is 322. The molecule has 1 unspecified atom stereocenters. The minimum Gasteiger partial charge on any atom is -0.337 e. The summed E-state index contributed by atoms with van der Waals surface area (Å²) in [7, 11) is 0. The molecule has 0 radical (unpaired) electrons. The lowest BCUT2D eigenvalue weighted by atomic mass is 10.1. The van der Waals surface area contributed by atoms with E-state index in [2.05, 4.69) is 37.2 Å². The number of hydrogen-bond acceptors (Lipinski definition) is 1. The van der Waals surface area contributed by atoms with Crippen molar-refractivity contribution in [1.82, 2.24) is 9.55 Å². The summed E-state index contributed by atoms with van der Waals surface area (Å²) in [4.78, 5) is 3.11. The van der Waals surface area contributed by atoms with E-state index in [4.69, 9.17) is 12.2 Å². The maximum atomic E-state index is 5.24. The van der Waals surface area contributed by atoms with Gasteiger partial charge in [-0.1, -0.05) is 20.8 Å². The highest BCUT2D eigenvalue weighted by Crippen LogP contribution is 2.20. The quantitative estimate of drug-likeness (QED) is 0.735. The van der Waals surface area contributed by atoms with Crippen molar-refractivity contribution < 1.29 is 0 Å². The first-order valence-corrected chi connectivity index (χ1v) is 5.28. The zero-order valence-electron chi connectivity index (χ0n) is 8.79. The van der Waals surface area contributed by atoms with Crippen LogP contribution in [0.5, 0.6) is 0 Å². The molecule has 0 spiro atoms. The van der Waals surface area contributed by atoms with Crippen molar-refractivity contribution >= 4 is 12.2 Å². The second-order valence-electron chi connectivity index (χ2n) is 3.80. The van der Waals surface area contributed by atoms with E-state index in [0.29, 0.717) is 12.0 Å². The number of imidazole rings is 1. The van der Waals surface area contributed by atoms with Gasteiger partial charge in [0.15, 0.2) is 4.77 Å². The van der Waals surface area contributed by atoms with Crippen LogP contribution in [0.1, 0.15) is 51.8 Å². The molecule has 0 saturated carbocycles. The third-order valence-electron chi connectivity index (χ3n) is 2.46. The molecule has 74 valence electrons. The van der Waals surface area contributed by atoms with Crippen LogP contribution in [0, 0.1) is 4.77 Å². The van der Waals surface area contributed by atoms with Crippen LogP contribution >= 0.6 is 12.2 Å². The molecule has 0 aromatic carbocycles. The zero-order valence-corrected chi connectivity index (χ0v) is 9.61. The molecule has 0 aliphatic rings. The summed E-state index contributed by atoms with van der Waals surface area (Å²) in [5.74, 6) is 0.530. The zero-order chi connectivity index (χ0) is 10.0. The van der Waals surface area contributed by atoms with Crippen LogP contribution in [-0.2, 0) is 0 Å². The second kappa shape index (κ2) is 4.09. The van der Waals surface area contributed by atoms with Gasteiger partial charge in [-0.25, -0.2) is 0 Å². The predicted molar refractivity (Wildman–Crippen MR) is 58.7 cm³/mol. The molecule has 1 atom stereocenters. The summed E-state index contributed by atoms with van der Waals surface area (Å²) in [6, 6.07) is 0.496. The van der Waals surface area contributed by atoms with Gasteiger partial charge in [0.25, 0.3) is 0 Å². The predicted octanol–water partition coefficient (Wildman–Crippen LogP) is 3.64. The van der Waals surface area contributed by atoms with E-state index in [1.54, 1.807) is 0 Å². The largest absolute Gasteiger partial charge is 0.337 e. The molecular weight excluding hydrogens is 180 g/mol. The van der Waals surface area contributed by atoms with Gasteiger partial charge in [0, 0.05) is 17.9 Å². The standard InChI is InChI=1S/C10H18N2S/c1-5-8(4)12-9(7(2)3)6-11-10(12)13/h6-8H,5H2,1-4H3,(H,11,13). The highest BCUT2D eigenvalue weighted by atomic mass is 32.1. The van der Waals surface area contributed by atoms with Crippen LogP contribution in [0.25, 0.3) is 0 Å². The smallest absolute Gasteiger partial charge is 0.177 e. The molecular formula is C10H18N2S. The molecule has 3 heteroatoms. The molecule has 2 nitrogen and oxygen atoms in total. The first kappa shape index (κ1) is 10.5. The first-order chi connectivity index (χ1) is 6.07. The number of nitrogens with one attached hydrogen (secondary N) is 1. The summed E-state index contributed by atoms with van der Waals surface area (Å²) in [6.45, 7) is 8.77. The van der Waals surface area contributed by atoms with Crippen molar-refractivity contribution in [2.75, 3.05) is 0 Å². The van der Waals surface area contributed by atoms with Gasteiger partial charge < -0.3 is 9.55 Å². The summed E-state index contributed by atoms with van der Waals surface area (Å²) in [6.07, 6.45) is 3.14. The van der Waals surface area contributed by atoms with Crippen molar-refractivity contribution in [3.05, 3.63) is 16.7 Å². The maximum absolute atomic E-state index is 5.24. The van der Waals surface area contributed by atoms with Crippen molar-refractivity contribution in [2.24, 2.45) is 0 Å². The van der Waals surface area contributed by atoms with Crippen LogP contribution in [0.3, 0.4) is 0 Å². The van der Waals surface area contributed by atoms with Crippen LogP contribution in [-0.4, -0.2) is 9.55 Å². The Hall–Kier alpha value is -0.570. The summed E-state index contributed by atoms with van der Waals surface area (Å²) < 4.78 is 3.07. The van der Waals surface area contributed by atoms with E-state index in [0.717, 1.165) is 11.2 Å². The third kappa shape index (κ3) is 2.02. The molecule has 0 aliphatic heterocycles. The molecule has 0 bridgehead atoms. The molecule has 0 aliphatic carbocycles. The van der Waals surface area contributed by atoms with E-state index >= 15 is 0 Å². The fourth-order valence-electron chi connectivity index (χ4n) is 1.47. The van der Waals surface area contributed by atoms with E-state index in [1.807, 2.05) is 6.20 Å². The fourth-order valence-corrected chi connectivity index (χ4v) is 1.82. The fraction of sp³-hybridized carbons (Fsp3) is 0.700. The van der Waals surface area contributed by atoms with Crippen LogP contribution in [0.2, 0.25) is 0 Å².